The predicted octanol–water partition coefficient (Wildman–Crippen LogP) is 2.67. The Hall–Kier alpha value is -3.15. The zero-order valence-corrected chi connectivity index (χ0v) is 14.1. The second kappa shape index (κ2) is 8.10. The van der Waals surface area contributed by atoms with Gasteiger partial charge in [-0.2, -0.15) is 0 Å². The number of hydrogen-bond acceptors (Lipinski definition) is 4. The van der Waals surface area contributed by atoms with Gasteiger partial charge in [0.15, 0.2) is 5.82 Å². The molecular weight excluding hydrogens is 314 g/mol. The number of hydrogen-bond donors (Lipinski definition) is 2. The Labute approximate surface area is 146 Å². The number of benzene rings is 1. The Morgan fingerprint density at radius 1 is 1.00 bits per heavy atom. The van der Waals surface area contributed by atoms with Crippen LogP contribution in [-0.2, 0) is 6.42 Å². The van der Waals surface area contributed by atoms with E-state index in [1.807, 2.05) is 65.5 Å². The molecule has 0 bridgehead atoms. The maximum atomic E-state index is 12.1. The van der Waals surface area contributed by atoms with E-state index in [9.17, 15) is 4.79 Å². The lowest BCUT2D eigenvalue weighted by Gasteiger charge is -2.08. The number of amides is 1. The Bertz CT molecular complexity index is 795. The van der Waals surface area contributed by atoms with Crippen LogP contribution in [0.15, 0.2) is 60.9 Å². The van der Waals surface area contributed by atoms with Gasteiger partial charge in [0.05, 0.1) is 0 Å². The molecule has 0 fully saturated rings. The third kappa shape index (κ3) is 4.44. The minimum atomic E-state index is -0.0708. The van der Waals surface area contributed by atoms with Crippen molar-refractivity contribution in [3.05, 3.63) is 72.1 Å². The van der Waals surface area contributed by atoms with Gasteiger partial charge in [0, 0.05) is 31.0 Å². The van der Waals surface area contributed by atoms with Gasteiger partial charge in [-0.3, -0.25) is 4.79 Å². The summed E-state index contributed by atoms with van der Waals surface area (Å²) < 4.78 is 1.89. The Kier molecular flexibility index (Phi) is 5.41. The maximum Gasteiger partial charge on any atom is 0.251 e. The van der Waals surface area contributed by atoms with Gasteiger partial charge >= 0.3 is 0 Å². The number of carbonyl (C=O) groups excluding carboxylic acids is 1. The summed E-state index contributed by atoms with van der Waals surface area (Å²) in [6.45, 7) is 3.18. The predicted molar refractivity (Wildman–Crippen MR) is 98.0 cm³/mol. The SMILES string of the molecule is CCc1ccc(C(=O)NCCNc2ccc(-n3cccc3)nn2)cc1. The first-order valence-electron chi connectivity index (χ1n) is 8.34. The molecule has 1 amide bonds. The minimum absolute atomic E-state index is 0.0708. The Balaban J connectivity index is 1.44. The number of carbonyl (C=O) groups is 1. The van der Waals surface area contributed by atoms with E-state index in [0.29, 0.717) is 24.5 Å². The molecule has 1 aromatic carbocycles. The molecule has 3 rings (SSSR count). The highest BCUT2D eigenvalue weighted by atomic mass is 16.1. The van der Waals surface area contributed by atoms with E-state index in [4.69, 9.17) is 0 Å². The lowest BCUT2D eigenvalue weighted by Crippen LogP contribution is -2.28. The fourth-order valence-corrected chi connectivity index (χ4v) is 2.40. The van der Waals surface area contributed by atoms with Crippen molar-refractivity contribution < 1.29 is 4.79 Å². The third-order valence-corrected chi connectivity index (χ3v) is 3.86. The highest BCUT2D eigenvalue weighted by Crippen LogP contribution is 2.07. The molecule has 0 radical (unpaired) electrons. The maximum absolute atomic E-state index is 12.1. The molecule has 2 N–H and O–H groups in total. The van der Waals surface area contributed by atoms with Crippen LogP contribution in [0.1, 0.15) is 22.8 Å². The second-order valence-electron chi connectivity index (χ2n) is 5.60. The van der Waals surface area contributed by atoms with E-state index < -0.39 is 0 Å². The molecule has 3 aromatic rings. The average Bonchev–Trinajstić information content (AvgIpc) is 3.20. The topological polar surface area (TPSA) is 71.8 Å². The zero-order chi connectivity index (χ0) is 17.5. The van der Waals surface area contributed by atoms with Crippen LogP contribution >= 0.6 is 0 Å². The van der Waals surface area contributed by atoms with Crippen molar-refractivity contribution in [2.24, 2.45) is 0 Å². The first-order chi connectivity index (χ1) is 12.3. The standard InChI is InChI=1S/C19H21N5O/c1-2-15-5-7-16(8-6-15)19(25)21-12-11-20-17-9-10-18(23-22-17)24-13-3-4-14-24/h3-10,13-14H,2,11-12H2,1H3,(H,20,22)(H,21,25). The Morgan fingerprint density at radius 2 is 1.76 bits per heavy atom. The second-order valence-corrected chi connectivity index (χ2v) is 5.60. The molecule has 2 heterocycles. The molecule has 0 aliphatic rings. The van der Waals surface area contributed by atoms with Crippen LogP contribution in [0.4, 0.5) is 5.82 Å². The lowest BCUT2D eigenvalue weighted by atomic mass is 10.1. The van der Waals surface area contributed by atoms with Gasteiger partial charge in [0.25, 0.3) is 5.91 Å². The van der Waals surface area contributed by atoms with E-state index in [-0.39, 0.29) is 5.91 Å². The third-order valence-electron chi connectivity index (χ3n) is 3.86. The van der Waals surface area contributed by atoms with Crippen molar-refractivity contribution in [2.75, 3.05) is 18.4 Å². The van der Waals surface area contributed by atoms with Gasteiger partial charge in [0.1, 0.15) is 5.82 Å². The van der Waals surface area contributed by atoms with Crippen molar-refractivity contribution >= 4 is 11.7 Å². The number of nitrogens with zero attached hydrogens (tertiary/aromatic N) is 3. The average molecular weight is 335 g/mol. The molecule has 0 aliphatic carbocycles. The number of anilines is 1. The molecule has 0 aliphatic heterocycles. The number of aromatic nitrogens is 3. The van der Waals surface area contributed by atoms with Crippen LogP contribution in [0.5, 0.6) is 0 Å². The smallest absolute Gasteiger partial charge is 0.251 e. The number of rotatable bonds is 7. The monoisotopic (exact) mass is 335 g/mol. The van der Waals surface area contributed by atoms with Gasteiger partial charge in [-0.15, -0.1) is 10.2 Å². The highest BCUT2D eigenvalue weighted by molar-refractivity contribution is 5.94. The summed E-state index contributed by atoms with van der Waals surface area (Å²) >= 11 is 0. The summed E-state index contributed by atoms with van der Waals surface area (Å²) in [6, 6.07) is 15.3. The van der Waals surface area contributed by atoms with Crippen LogP contribution in [0.2, 0.25) is 0 Å². The quantitative estimate of drug-likeness (QED) is 0.651. The molecule has 0 unspecified atom stereocenters. The summed E-state index contributed by atoms with van der Waals surface area (Å²) in [5, 5.41) is 14.3. The van der Waals surface area contributed by atoms with Crippen molar-refractivity contribution in [1.82, 2.24) is 20.1 Å². The Morgan fingerprint density at radius 3 is 2.40 bits per heavy atom. The number of nitrogens with one attached hydrogen (secondary N) is 2. The minimum Gasteiger partial charge on any atom is -0.367 e. The van der Waals surface area contributed by atoms with Crippen molar-refractivity contribution in [2.45, 2.75) is 13.3 Å². The molecule has 25 heavy (non-hydrogen) atoms. The van der Waals surface area contributed by atoms with E-state index in [1.165, 1.54) is 5.56 Å². The molecule has 6 heteroatoms. The molecule has 6 nitrogen and oxygen atoms in total. The van der Waals surface area contributed by atoms with E-state index in [2.05, 4.69) is 27.8 Å². The highest BCUT2D eigenvalue weighted by Gasteiger charge is 2.04. The normalized spacial score (nSPS) is 10.4. The fourth-order valence-electron chi connectivity index (χ4n) is 2.40. The van der Waals surface area contributed by atoms with Crippen LogP contribution in [-0.4, -0.2) is 33.8 Å². The van der Waals surface area contributed by atoms with Gasteiger partial charge in [-0.25, -0.2) is 0 Å². The molecule has 0 saturated heterocycles. The van der Waals surface area contributed by atoms with Crippen LogP contribution in [0.3, 0.4) is 0 Å². The summed E-state index contributed by atoms with van der Waals surface area (Å²) in [6.07, 6.45) is 4.80. The summed E-state index contributed by atoms with van der Waals surface area (Å²) in [5.74, 6) is 1.37. The summed E-state index contributed by atoms with van der Waals surface area (Å²) in [5.41, 5.74) is 1.90. The molecule has 2 aromatic heterocycles. The first kappa shape index (κ1) is 16.7. The molecule has 0 atom stereocenters. The summed E-state index contributed by atoms with van der Waals surface area (Å²) in [7, 11) is 0. The molecular formula is C19H21N5O. The van der Waals surface area contributed by atoms with Crippen molar-refractivity contribution in [3.8, 4) is 5.82 Å². The van der Waals surface area contributed by atoms with Crippen molar-refractivity contribution in [3.63, 3.8) is 0 Å². The van der Waals surface area contributed by atoms with E-state index >= 15 is 0 Å². The largest absolute Gasteiger partial charge is 0.367 e. The summed E-state index contributed by atoms with van der Waals surface area (Å²) in [4.78, 5) is 12.1. The fraction of sp³-hybridized carbons (Fsp3) is 0.211. The lowest BCUT2D eigenvalue weighted by molar-refractivity contribution is 0.0955. The van der Waals surface area contributed by atoms with Gasteiger partial charge in [-0.05, 0) is 48.4 Å². The van der Waals surface area contributed by atoms with Crippen LogP contribution in [0.25, 0.3) is 5.82 Å². The van der Waals surface area contributed by atoms with Crippen LogP contribution < -0.4 is 10.6 Å². The van der Waals surface area contributed by atoms with E-state index in [0.717, 1.165) is 12.2 Å². The van der Waals surface area contributed by atoms with Gasteiger partial charge < -0.3 is 15.2 Å². The van der Waals surface area contributed by atoms with Crippen molar-refractivity contribution in [1.29, 1.82) is 0 Å². The van der Waals surface area contributed by atoms with E-state index in [1.54, 1.807) is 0 Å². The molecule has 128 valence electrons. The van der Waals surface area contributed by atoms with Crippen LogP contribution in [0, 0.1) is 0 Å². The molecule has 0 spiro atoms. The number of aryl methyl sites for hydroxylation is 1. The van der Waals surface area contributed by atoms with Gasteiger partial charge in [-0.1, -0.05) is 19.1 Å². The zero-order valence-electron chi connectivity index (χ0n) is 14.1. The first-order valence-corrected chi connectivity index (χ1v) is 8.34. The van der Waals surface area contributed by atoms with Gasteiger partial charge in [0.2, 0.25) is 0 Å². The molecule has 0 saturated carbocycles.